The van der Waals surface area contributed by atoms with Crippen molar-refractivity contribution in [3.8, 4) is 0 Å². The number of ether oxygens (including phenoxy) is 1. The van der Waals surface area contributed by atoms with Gasteiger partial charge in [-0.05, 0) is 29.3 Å². The summed E-state index contributed by atoms with van der Waals surface area (Å²) in [6.07, 6.45) is 1.67. The molecule has 0 bridgehead atoms. The van der Waals surface area contributed by atoms with E-state index in [9.17, 15) is 0 Å². The highest BCUT2D eigenvalue weighted by atomic mass is 35.5. The molecule has 0 aliphatic carbocycles. The second-order valence-electron chi connectivity index (χ2n) is 3.67. The zero-order chi connectivity index (χ0) is 12.1. The van der Waals surface area contributed by atoms with E-state index in [4.69, 9.17) is 22.1 Å². The van der Waals surface area contributed by atoms with E-state index in [1.807, 2.05) is 30.3 Å². The third-order valence-electron chi connectivity index (χ3n) is 2.33. The topological polar surface area (TPSA) is 48.1 Å². The zero-order valence-corrected chi connectivity index (χ0v) is 10.0. The van der Waals surface area contributed by atoms with Gasteiger partial charge in [0.05, 0.1) is 13.2 Å². The number of benzene rings is 1. The number of anilines is 1. The zero-order valence-electron chi connectivity index (χ0n) is 9.27. The Hall–Kier alpha value is -1.58. The molecule has 0 spiro atoms. The van der Waals surface area contributed by atoms with Crippen LogP contribution in [0.2, 0.25) is 5.02 Å². The van der Waals surface area contributed by atoms with Crippen molar-refractivity contribution in [3.05, 3.63) is 58.7 Å². The van der Waals surface area contributed by atoms with Crippen LogP contribution in [0.15, 0.2) is 42.6 Å². The number of nitrogens with zero attached hydrogens (tertiary/aromatic N) is 1. The number of hydrogen-bond donors (Lipinski definition) is 1. The van der Waals surface area contributed by atoms with Crippen LogP contribution < -0.4 is 5.73 Å². The lowest BCUT2D eigenvalue weighted by molar-refractivity contribution is 0.107. The van der Waals surface area contributed by atoms with Crippen molar-refractivity contribution < 1.29 is 4.74 Å². The van der Waals surface area contributed by atoms with E-state index in [1.54, 1.807) is 12.3 Å². The first-order valence-corrected chi connectivity index (χ1v) is 5.65. The minimum absolute atomic E-state index is 0.488. The molecule has 0 aliphatic rings. The number of rotatable bonds is 4. The SMILES string of the molecule is Nc1cc(COCc2ccccc2Cl)ccn1. The molecule has 0 radical (unpaired) electrons. The fraction of sp³-hybridized carbons (Fsp3) is 0.154. The Kier molecular flexibility index (Phi) is 3.96. The maximum atomic E-state index is 6.02. The van der Waals surface area contributed by atoms with Crippen LogP contribution in [-0.4, -0.2) is 4.98 Å². The minimum Gasteiger partial charge on any atom is -0.384 e. The molecule has 1 heterocycles. The van der Waals surface area contributed by atoms with Gasteiger partial charge in [-0.3, -0.25) is 0 Å². The van der Waals surface area contributed by atoms with Crippen LogP contribution >= 0.6 is 11.6 Å². The second-order valence-corrected chi connectivity index (χ2v) is 4.08. The van der Waals surface area contributed by atoms with Gasteiger partial charge in [0.15, 0.2) is 0 Å². The molecule has 0 unspecified atom stereocenters. The van der Waals surface area contributed by atoms with Gasteiger partial charge in [-0.25, -0.2) is 4.98 Å². The Morgan fingerprint density at radius 3 is 2.76 bits per heavy atom. The quantitative estimate of drug-likeness (QED) is 0.905. The summed E-state index contributed by atoms with van der Waals surface area (Å²) in [5.41, 5.74) is 7.56. The Morgan fingerprint density at radius 1 is 1.18 bits per heavy atom. The van der Waals surface area contributed by atoms with E-state index in [0.29, 0.717) is 19.0 Å². The summed E-state index contributed by atoms with van der Waals surface area (Å²) in [5.74, 6) is 0.504. The summed E-state index contributed by atoms with van der Waals surface area (Å²) in [6.45, 7) is 0.986. The highest BCUT2D eigenvalue weighted by Gasteiger charge is 1.99. The Balaban J connectivity index is 1.90. The van der Waals surface area contributed by atoms with E-state index in [0.717, 1.165) is 16.1 Å². The van der Waals surface area contributed by atoms with Crippen molar-refractivity contribution in [2.45, 2.75) is 13.2 Å². The maximum Gasteiger partial charge on any atom is 0.123 e. The molecule has 0 aliphatic heterocycles. The smallest absolute Gasteiger partial charge is 0.123 e. The predicted molar refractivity (Wildman–Crippen MR) is 68.6 cm³/mol. The van der Waals surface area contributed by atoms with Crippen LogP contribution in [0.25, 0.3) is 0 Å². The van der Waals surface area contributed by atoms with Crippen molar-refractivity contribution in [2.24, 2.45) is 0 Å². The summed E-state index contributed by atoms with van der Waals surface area (Å²) >= 11 is 6.02. The van der Waals surface area contributed by atoms with Gasteiger partial charge in [0, 0.05) is 11.2 Å². The molecular formula is C13H13ClN2O. The van der Waals surface area contributed by atoms with Crippen LogP contribution in [0, 0.1) is 0 Å². The van der Waals surface area contributed by atoms with Crippen LogP contribution in [-0.2, 0) is 18.0 Å². The first-order valence-electron chi connectivity index (χ1n) is 5.27. The summed E-state index contributed by atoms with van der Waals surface area (Å²) in [7, 11) is 0. The summed E-state index contributed by atoms with van der Waals surface area (Å²) in [5, 5.41) is 0.724. The van der Waals surface area contributed by atoms with Gasteiger partial charge < -0.3 is 10.5 Å². The summed E-state index contributed by atoms with van der Waals surface area (Å²) < 4.78 is 5.57. The molecule has 0 fully saturated rings. The van der Waals surface area contributed by atoms with Gasteiger partial charge in [-0.15, -0.1) is 0 Å². The number of nitrogens with two attached hydrogens (primary N) is 1. The molecule has 0 saturated heterocycles. The Morgan fingerprint density at radius 2 is 2.00 bits per heavy atom. The van der Waals surface area contributed by atoms with E-state index < -0.39 is 0 Å². The number of halogens is 1. The van der Waals surface area contributed by atoms with E-state index in [2.05, 4.69) is 4.98 Å². The monoisotopic (exact) mass is 248 g/mol. The van der Waals surface area contributed by atoms with Gasteiger partial charge in [0.2, 0.25) is 0 Å². The molecule has 0 saturated carbocycles. The molecule has 2 rings (SSSR count). The normalized spacial score (nSPS) is 10.4. The number of pyridine rings is 1. The summed E-state index contributed by atoms with van der Waals surface area (Å²) in [4.78, 5) is 3.92. The Bertz CT molecular complexity index is 502. The van der Waals surface area contributed by atoms with Gasteiger partial charge in [-0.1, -0.05) is 29.8 Å². The van der Waals surface area contributed by atoms with Gasteiger partial charge >= 0.3 is 0 Å². The maximum absolute atomic E-state index is 6.02. The lowest BCUT2D eigenvalue weighted by Crippen LogP contribution is -1.97. The first-order chi connectivity index (χ1) is 8.25. The van der Waals surface area contributed by atoms with Crippen LogP contribution in [0.4, 0.5) is 5.82 Å². The second kappa shape index (κ2) is 5.66. The molecule has 3 nitrogen and oxygen atoms in total. The molecule has 17 heavy (non-hydrogen) atoms. The molecule has 0 amide bonds. The molecule has 0 atom stereocenters. The van der Waals surface area contributed by atoms with Crippen molar-refractivity contribution in [2.75, 3.05) is 5.73 Å². The lowest BCUT2D eigenvalue weighted by atomic mass is 10.2. The minimum atomic E-state index is 0.488. The molecule has 1 aromatic carbocycles. The van der Waals surface area contributed by atoms with Gasteiger partial charge in [-0.2, -0.15) is 0 Å². The largest absolute Gasteiger partial charge is 0.384 e. The third-order valence-corrected chi connectivity index (χ3v) is 2.70. The molecule has 88 valence electrons. The van der Waals surface area contributed by atoms with Gasteiger partial charge in [0.25, 0.3) is 0 Å². The van der Waals surface area contributed by atoms with Crippen LogP contribution in [0.5, 0.6) is 0 Å². The number of hydrogen-bond acceptors (Lipinski definition) is 3. The van der Waals surface area contributed by atoms with Crippen LogP contribution in [0.1, 0.15) is 11.1 Å². The van der Waals surface area contributed by atoms with E-state index in [1.165, 1.54) is 0 Å². The lowest BCUT2D eigenvalue weighted by Gasteiger charge is -2.06. The van der Waals surface area contributed by atoms with Crippen molar-refractivity contribution >= 4 is 17.4 Å². The van der Waals surface area contributed by atoms with Crippen molar-refractivity contribution in [1.82, 2.24) is 4.98 Å². The molecular weight excluding hydrogens is 236 g/mol. The van der Waals surface area contributed by atoms with Gasteiger partial charge in [0.1, 0.15) is 5.82 Å². The van der Waals surface area contributed by atoms with Crippen molar-refractivity contribution in [3.63, 3.8) is 0 Å². The predicted octanol–water partition coefficient (Wildman–Crippen LogP) is 3.03. The molecule has 1 aromatic heterocycles. The average Bonchev–Trinajstić information content (AvgIpc) is 2.32. The number of nitrogen functional groups attached to an aromatic ring is 1. The molecule has 2 N–H and O–H groups in total. The third kappa shape index (κ3) is 3.44. The Labute approximate surface area is 105 Å². The standard InChI is InChI=1S/C13H13ClN2O/c14-12-4-2-1-3-11(12)9-17-8-10-5-6-16-13(15)7-10/h1-7H,8-9H2,(H2,15,16). The highest BCUT2D eigenvalue weighted by Crippen LogP contribution is 2.16. The average molecular weight is 249 g/mol. The first kappa shape index (κ1) is 11.9. The van der Waals surface area contributed by atoms with E-state index >= 15 is 0 Å². The van der Waals surface area contributed by atoms with Crippen LogP contribution in [0.3, 0.4) is 0 Å². The van der Waals surface area contributed by atoms with Crippen molar-refractivity contribution in [1.29, 1.82) is 0 Å². The summed E-state index contributed by atoms with van der Waals surface area (Å²) in [6, 6.07) is 11.3. The molecule has 4 heteroatoms. The molecule has 2 aromatic rings. The highest BCUT2D eigenvalue weighted by molar-refractivity contribution is 6.31. The fourth-order valence-corrected chi connectivity index (χ4v) is 1.67. The fourth-order valence-electron chi connectivity index (χ4n) is 1.48. The van der Waals surface area contributed by atoms with E-state index in [-0.39, 0.29) is 0 Å². The number of aromatic nitrogens is 1.